The van der Waals surface area contributed by atoms with Gasteiger partial charge < -0.3 is 0 Å². The summed E-state index contributed by atoms with van der Waals surface area (Å²) < 4.78 is 2.70. The first-order valence-corrected chi connectivity index (χ1v) is 9.18. The molecule has 1 fully saturated rings. The van der Waals surface area contributed by atoms with Gasteiger partial charge in [0.15, 0.2) is 5.13 Å². The number of para-hydroxylation sites is 1. The van der Waals surface area contributed by atoms with Crippen LogP contribution in [0.25, 0.3) is 0 Å². The number of hydrogen-bond donors (Lipinski definition) is 1. The molecule has 0 aliphatic carbocycles. The number of carbonyl (C=O) groups excluding carboxylic acids is 1. The van der Waals surface area contributed by atoms with Gasteiger partial charge in [-0.15, -0.1) is 0 Å². The van der Waals surface area contributed by atoms with E-state index in [2.05, 4.69) is 36.4 Å². The van der Waals surface area contributed by atoms with Crippen LogP contribution >= 0.6 is 39.1 Å². The molecule has 23 heavy (non-hydrogen) atoms. The van der Waals surface area contributed by atoms with Crippen molar-refractivity contribution in [3.63, 3.8) is 0 Å². The lowest BCUT2D eigenvalue weighted by atomic mass is 9.82. The van der Waals surface area contributed by atoms with Gasteiger partial charge in [-0.05, 0) is 18.1 Å². The lowest BCUT2D eigenvalue weighted by Gasteiger charge is -2.24. The Morgan fingerprint density at radius 2 is 2.22 bits per heavy atom. The fourth-order valence-electron chi connectivity index (χ4n) is 3.45. The maximum absolute atomic E-state index is 12.7. The van der Waals surface area contributed by atoms with Crippen molar-refractivity contribution in [3.05, 3.63) is 40.4 Å². The van der Waals surface area contributed by atoms with Gasteiger partial charge in [0.2, 0.25) is 0 Å². The molecular formula is C15H14BrClN4OS. The average molecular weight is 414 g/mol. The molecule has 0 bridgehead atoms. The van der Waals surface area contributed by atoms with Gasteiger partial charge in [0.1, 0.15) is 4.34 Å². The molecule has 2 amide bonds. The van der Waals surface area contributed by atoms with E-state index in [9.17, 15) is 4.79 Å². The summed E-state index contributed by atoms with van der Waals surface area (Å²) in [6.07, 6.45) is 2.57. The largest absolute Gasteiger partial charge is 0.328 e. The Hall–Kier alpha value is -1.15. The first-order chi connectivity index (χ1) is 11.1. The van der Waals surface area contributed by atoms with E-state index in [4.69, 9.17) is 11.6 Å². The number of fused-ring (bicyclic) bond motifs is 2. The summed E-state index contributed by atoms with van der Waals surface area (Å²) in [6.45, 7) is 2.56. The highest BCUT2D eigenvalue weighted by Gasteiger charge is 2.48. The van der Waals surface area contributed by atoms with Crippen molar-refractivity contribution >= 4 is 55.9 Å². The second-order valence-electron chi connectivity index (χ2n) is 5.88. The molecule has 2 aliphatic heterocycles. The molecule has 1 N–H and O–H groups in total. The van der Waals surface area contributed by atoms with Crippen molar-refractivity contribution in [1.82, 2.24) is 8.91 Å². The third-order valence-corrected chi connectivity index (χ3v) is 6.11. The molecule has 1 spiro atoms. The molecule has 3 heterocycles. The molecular weight excluding hydrogens is 400 g/mol. The summed E-state index contributed by atoms with van der Waals surface area (Å²) in [5.41, 5.74) is 2.22. The number of hydrogen-bond acceptors (Lipinski definition) is 4. The van der Waals surface area contributed by atoms with Crippen LogP contribution in [0.3, 0.4) is 0 Å². The summed E-state index contributed by atoms with van der Waals surface area (Å²) in [4.78, 5) is 18.6. The van der Waals surface area contributed by atoms with Crippen molar-refractivity contribution < 1.29 is 4.79 Å². The number of rotatable bonds is 1. The molecule has 1 saturated heterocycles. The summed E-state index contributed by atoms with van der Waals surface area (Å²) in [6, 6.07) is 8.00. The van der Waals surface area contributed by atoms with Gasteiger partial charge in [-0.1, -0.05) is 41.1 Å². The first kappa shape index (κ1) is 15.4. The Labute approximate surface area is 151 Å². The van der Waals surface area contributed by atoms with Crippen LogP contribution in [0.2, 0.25) is 4.34 Å². The standard InChI is InChI=1S/C15H14BrClN4OS/c16-20-6-5-15(8-20)9-21(11-4-2-1-3-10(11)15)14(22)19-13-18-7-12(17)23-13/h1-4,7H,5-6,8-9H2,(H,18,19,22). The Balaban J connectivity index is 1.64. The fraction of sp³-hybridized carbons (Fsp3) is 0.333. The van der Waals surface area contributed by atoms with E-state index in [1.807, 2.05) is 23.1 Å². The number of amides is 2. The number of anilines is 2. The quantitative estimate of drug-likeness (QED) is 0.716. The zero-order valence-corrected chi connectivity index (χ0v) is 15.3. The van der Waals surface area contributed by atoms with Crippen LogP contribution in [0.1, 0.15) is 12.0 Å². The minimum absolute atomic E-state index is 0.00203. The van der Waals surface area contributed by atoms with E-state index < -0.39 is 0 Å². The van der Waals surface area contributed by atoms with Gasteiger partial charge in [0.25, 0.3) is 0 Å². The Kier molecular flexibility index (Phi) is 3.84. The second-order valence-corrected chi connectivity index (χ2v) is 8.54. The number of aromatic nitrogens is 1. The van der Waals surface area contributed by atoms with Crippen molar-refractivity contribution in [3.8, 4) is 0 Å². The third kappa shape index (κ3) is 2.65. The molecule has 2 aliphatic rings. The van der Waals surface area contributed by atoms with Crippen molar-refractivity contribution in [2.45, 2.75) is 11.8 Å². The number of carbonyl (C=O) groups is 1. The molecule has 1 atom stereocenters. The van der Waals surface area contributed by atoms with Gasteiger partial charge in [0.05, 0.1) is 6.20 Å². The molecule has 5 nitrogen and oxygen atoms in total. The maximum Gasteiger partial charge on any atom is 0.328 e. The number of thiazole rings is 1. The summed E-state index contributed by atoms with van der Waals surface area (Å²) in [5, 5.41) is 3.37. The first-order valence-electron chi connectivity index (χ1n) is 7.27. The van der Waals surface area contributed by atoms with Crippen LogP contribution in [0.15, 0.2) is 30.5 Å². The normalized spacial score (nSPS) is 23.5. The Morgan fingerprint density at radius 1 is 1.39 bits per heavy atom. The topological polar surface area (TPSA) is 48.5 Å². The summed E-state index contributed by atoms with van der Waals surface area (Å²) >= 11 is 10.7. The molecule has 120 valence electrons. The van der Waals surface area contributed by atoms with E-state index in [0.717, 1.165) is 25.2 Å². The van der Waals surface area contributed by atoms with E-state index in [0.29, 0.717) is 16.0 Å². The smallest absolute Gasteiger partial charge is 0.293 e. The van der Waals surface area contributed by atoms with Crippen LogP contribution < -0.4 is 10.2 Å². The van der Waals surface area contributed by atoms with Gasteiger partial charge in [0, 0.05) is 46.9 Å². The Bertz CT molecular complexity index is 769. The lowest BCUT2D eigenvalue weighted by molar-refractivity contribution is 0.256. The van der Waals surface area contributed by atoms with Crippen LogP contribution in [-0.4, -0.2) is 34.6 Å². The lowest BCUT2D eigenvalue weighted by Crippen LogP contribution is -2.40. The molecule has 0 radical (unpaired) electrons. The second kappa shape index (κ2) is 5.73. The Morgan fingerprint density at radius 3 is 2.91 bits per heavy atom. The van der Waals surface area contributed by atoms with Crippen molar-refractivity contribution in [2.75, 3.05) is 29.9 Å². The van der Waals surface area contributed by atoms with Gasteiger partial charge in [-0.25, -0.2) is 13.7 Å². The number of benzene rings is 1. The predicted octanol–water partition coefficient (Wildman–Crippen LogP) is 4.10. The number of nitrogens with one attached hydrogen (secondary N) is 1. The highest BCUT2D eigenvalue weighted by Crippen LogP contribution is 2.47. The minimum Gasteiger partial charge on any atom is -0.293 e. The molecule has 1 unspecified atom stereocenters. The predicted molar refractivity (Wildman–Crippen MR) is 96.7 cm³/mol. The number of halogens is 2. The van der Waals surface area contributed by atoms with Crippen molar-refractivity contribution in [2.24, 2.45) is 0 Å². The molecule has 2 aromatic rings. The van der Waals surface area contributed by atoms with Crippen LogP contribution in [0, 0.1) is 0 Å². The van der Waals surface area contributed by atoms with E-state index in [-0.39, 0.29) is 11.4 Å². The number of urea groups is 1. The third-order valence-electron chi connectivity index (χ3n) is 4.47. The monoisotopic (exact) mass is 412 g/mol. The van der Waals surface area contributed by atoms with E-state index in [1.54, 1.807) is 6.20 Å². The van der Waals surface area contributed by atoms with Gasteiger partial charge in [-0.2, -0.15) is 0 Å². The van der Waals surface area contributed by atoms with E-state index in [1.165, 1.54) is 16.9 Å². The summed E-state index contributed by atoms with van der Waals surface area (Å²) in [7, 11) is 0. The average Bonchev–Trinajstić information content (AvgIpc) is 3.20. The zero-order chi connectivity index (χ0) is 16.0. The molecule has 8 heteroatoms. The molecule has 0 saturated carbocycles. The maximum atomic E-state index is 12.7. The molecule has 4 rings (SSSR count). The van der Waals surface area contributed by atoms with E-state index >= 15 is 0 Å². The molecule has 1 aromatic heterocycles. The van der Waals surface area contributed by atoms with Crippen LogP contribution in [-0.2, 0) is 5.41 Å². The molecule has 1 aromatic carbocycles. The highest BCUT2D eigenvalue weighted by molar-refractivity contribution is 9.07. The fourth-order valence-corrected chi connectivity index (χ4v) is 4.91. The minimum atomic E-state index is -0.159. The SMILES string of the molecule is O=C(Nc1ncc(Cl)s1)N1CC2(CCN(Br)C2)c2ccccc21. The van der Waals surface area contributed by atoms with Crippen LogP contribution in [0.4, 0.5) is 15.6 Å². The highest BCUT2D eigenvalue weighted by atomic mass is 79.9. The van der Waals surface area contributed by atoms with Crippen LogP contribution in [0.5, 0.6) is 0 Å². The van der Waals surface area contributed by atoms with Crippen molar-refractivity contribution in [1.29, 1.82) is 0 Å². The zero-order valence-electron chi connectivity index (χ0n) is 12.1. The summed E-state index contributed by atoms with van der Waals surface area (Å²) in [5.74, 6) is 0. The van der Waals surface area contributed by atoms with Gasteiger partial charge in [-0.3, -0.25) is 10.2 Å². The van der Waals surface area contributed by atoms with Gasteiger partial charge >= 0.3 is 6.03 Å². The number of nitrogens with zero attached hydrogens (tertiary/aromatic N) is 3.